The molecule has 5 atom stereocenters. The number of pyridine rings is 1. The molecule has 1 aromatic heterocycles. The number of nitrogens with one attached hydrogen (secondary N) is 3. The van der Waals surface area contributed by atoms with Crippen LogP contribution in [0.3, 0.4) is 0 Å². The molecule has 7 rings (SSSR count). The first-order chi connectivity index (χ1) is 25.6. The molecule has 0 unspecified atom stereocenters. The average Bonchev–Trinajstić information content (AvgIpc) is 4.08. The van der Waals surface area contributed by atoms with Crippen molar-refractivity contribution >= 4 is 50.8 Å². The SMILES string of the molecule is C=C[C@@H]1C[C@]1(NC(=O)[C@@H]1C[C@@H]2CN1C(=O)[C@H](C1CCCCC1)NC(=O)OCCCCCC=Cc1cc3ccccc3nc1O2)C(=O)NS(=O)(=O)C1CC1. The van der Waals surface area contributed by atoms with Crippen molar-refractivity contribution in [1.29, 1.82) is 0 Å². The van der Waals surface area contributed by atoms with Gasteiger partial charge in [-0.05, 0) is 75.8 Å². The number of hydrogen-bond donors (Lipinski definition) is 3. The zero-order chi connectivity index (χ0) is 37.2. The Morgan fingerprint density at radius 2 is 1.81 bits per heavy atom. The van der Waals surface area contributed by atoms with Crippen LogP contribution in [0.25, 0.3) is 17.0 Å². The number of alkyl carbamates (subject to hydrolysis) is 1. The molecule has 2 aromatic rings. The lowest BCUT2D eigenvalue weighted by molar-refractivity contribution is -0.142. The number of amides is 4. The largest absolute Gasteiger partial charge is 0.472 e. The predicted octanol–water partition coefficient (Wildman–Crippen LogP) is 4.51. The Kier molecular flexibility index (Phi) is 10.8. The summed E-state index contributed by atoms with van der Waals surface area (Å²) in [5.74, 6) is -2.14. The molecular formula is C39H49N5O8S. The fraction of sp³-hybridized carbons (Fsp3) is 0.564. The monoisotopic (exact) mass is 747 g/mol. The lowest BCUT2D eigenvalue weighted by Gasteiger charge is -2.34. The van der Waals surface area contributed by atoms with Gasteiger partial charge in [0.25, 0.3) is 5.91 Å². The fourth-order valence-electron chi connectivity index (χ4n) is 7.99. The minimum atomic E-state index is -3.88. The normalized spacial score (nSPS) is 28.7. The summed E-state index contributed by atoms with van der Waals surface area (Å²) in [4.78, 5) is 62.0. The van der Waals surface area contributed by atoms with E-state index in [1.54, 1.807) is 0 Å². The quantitative estimate of drug-likeness (QED) is 0.345. The molecule has 0 spiro atoms. The van der Waals surface area contributed by atoms with Gasteiger partial charge in [0.2, 0.25) is 27.7 Å². The number of cyclic esters (lactones) is 1. The third-order valence-electron chi connectivity index (χ3n) is 11.3. The standard InChI is InChI=1S/C39H49N5O8S/c1-2-28-23-39(28,37(47)43-53(49,50)30-18-19-30)42-34(45)32-22-29-24-44(32)36(46)33(25-13-8-6-9-14-25)41-38(48)51-20-12-5-3-4-7-16-27-21-26-15-10-11-17-31(26)40-35(27)52-29/h2,7,10-11,15-17,21,25,28-30,32-33H,1,3-6,8-9,12-14,18-20,22-24H2,(H,41,48)(H,42,45)(H,43,47)/t28-,29-,32+,33+,39-/m1/s1. The lowest BCUT2D eigenvalue weighted by atomic mass is 9.83. The van der Waals surface area contributed by atoms with Crippen LogP contribution in [-0.2, 0) is 29.1 Å². The van der Waals surface area contributed by atoms with E-state index < -0.39 is 68.7 Å². The molecule has 1 saturated heterocycles. The first-order valence-corrected chi connectivity index (χ1v) is 20.6. The van der Waals surface area contributed by atoms with Gasteiger partial charge in [-0.25, -0.2) is 18.2 Å². The highest BCUT2D eigenvalue weighted by molar-refractivity contribution is 7.91. The Morgan fingerprint density at radius 1 is 1.04 bits per heavy atom. The summed E-state index contributed by atoms with van der Waals surface area (Å²) in [6, 6.07) is 7.71. The van der Waals surface area contributed by atoms with Gasteiger partial charge in [-0.2, -0.15) is 0 Å². The molecule has 2 aliphatic heterocycles. The van der Waals surface area contributed by atoms with Gasteiger partial charge in [0, 0.05) is 23.3 Å². The van der Waals surface area contributed by atoms with Gasteiger partial charge in [-0.15, -0.1) is 6.58 Å². The van der Waals surface area contributed by atoms with Crippen LogP contribution >= 0.6 is 0 Å². The van der Waals surface area contributed by atoms with Gasteiger partial charge < -0.3 is 25.0 Å². The van der Waals surface area contributed by atoms with Crippen LogP contribution in [0.5, 0.6) is 5.88 Å². The second-order valence-corrected chi connectivity index (χ2v) is 17.1. The molecule has 0 radical (unpaired) electrons. The van der Waals surface area contributed by atoms with Crippen LogP contribution in [0, 0.1) is 11.8 Å². The van der Waals surface area contributed by atoms with Crippen molar-refractivity contribution < 1.29 is 37.1 Å². The van der Waals surface area contributed by atoms with Gasteiger partial charge in [-0.3, -0.25) is 19.1 Å². The molecule has 2 bridgehead atoms. The van der Waals surface area contributed by atoms with Crippen molar-refractivity contribution in [2.75, 3.05) is 13.2 Å². The van der Waals surface area contributed by atoms with Gasteiger partial charge in [0.1, 0.15) is 23.7 Å². The number of sulfonamides is 1. The highest BCUT2D eigenvalue weighted by atomic mass is 32.2. The molecule has 13 nitrogen and oxygen atoms in total. The highest BCUT2D eigenvalue weighted by Gasteiger charge is 2.62. The summed E-state index contributed by atoms with van der Waals surface area (Å²) in [5, 5.41) is 6.02. The number of carbonyl (C=O) groups excluding carboxylic acids is 4. The second-order valence-electron chi connectivity index (χ2n) is 15.1. The first-order valence-electron chi connectivity index (χ1n) is 19.1. The molecular weight excluding hydrogens is 699 g/mol. The van der Waals surface area contributed by atoms with Crippen LogP contribution in [0.2, 0.25) is 0 Å². The van der Waals surface area contributed by atoms with Crippen LogP contribution in [0.1, 0.15) is 89.0 Å². The van der Waals surface area contributed by atoms with Crippen molar-refractivity contribution in [3.05, 3.63) is 54.6 Å². The van der Waals surface area contributed by atoms with E-state index in [2.05, 4.69) is 28.0 Å². The van der Waals surface area contributed by atoms with Gasteiger partial charge in [-0.1, -0.05) is 55.7 Å². The number of ether oxygens (including phenoxy) is 2. The number of carbonyl (C=O) groups is 4. The van der Waals surface area contributed by atoms with Crippen LogP contribution in [0.4, 0.5) is 4.79 Å². The predicted molar refractivity (Wildman–Crippen MR) is 198 cm³/mol. The van der Waals surface area contributed by atoms with E-state index >= 15 is 0 Å². The van der Waals surface area contributed by atoms with Crippen molar-refractivity contribution in [3.63, 3.8) is 0 Å². The molecule has 3 saturated carbocycles. The summed E-state index contributed by atoms with van der Waals surface area (Å²) in [7, 11) is -3.88. The number of para-hydroxylation sites is 1. The zero-order valence-electron chi connectivity index (χ0n) is 30.0. The molecule has 3 N–H and O–H groups in total. The zero-order valence-corrected chi connectivity index (χ0v) is 30.8. The average molecular weight is 748 g/mol. The van der Waals surface area contributed by atoms with Gasteiger partial charge in [0.15, 0.2) is 0 Å². The van der Waals surface area contributed by atoms with Crippen molar-refractivity contribution in [1.82, 2.24) is 25.2 Å². The summed E-state index contributed by atoms with van der Waals surface area (Å²) in [6.45, 7) is 4.04. The smallest absolute Gasteiger partial charge is 0.407 e. The van der Waals surface area contributed by atoms with Gasteiger partial charge in [0.05, 0.1) is 23.9 Å². The van der Waals surface area contributed by atoms with Crippen LogP contribution in [0.15, 0.2) is 49.1 Å². The third-order valence-corrected chi connectivity index (χ3v) is 13.1. The Labute approximate surface area is 310 Å². The molecule has 5 aliphatic rings. The number of fused-ring (bicyclic) bond motifs is 4. The van der Waals surface area contributed by atoms with E-state index in [0.29, 0.717) is 25.1 Å². The molecule has 3 aliphatic carbocycles. The molecule has 1 aromatic carbocycles. The number of benzene rings is 1. The highest BCUT2D eigenvalue weighted by Crippen LogP contribution is 2.45. The van der Waals surface area contributed by atoms with Crippen molar-refractivity contribution in [3.8, 4) is 5.88 Å². The number of rotatable bonds is 7. The Morgan fingerprint density at radius 3 is 2.57 bits per heavy atom. The van der Waals surface area contributed by atoms with E-state index in [1.807, 2.05) is 36.4 Å². The fourth-order valence-corrected chi connectivity index (χ4v) is 9.36. The van der Waals surface area contributed by atoms with E-state index in [1.165, 1.54) is 11.0 Å². The topological polar surface area (TPSA) is 173 Å². The number of nitrogens with zero attached hydrogens (tertiary/aromatic N) is 2. The van der Waals surface area contributed by atoms with Crippen molar-refractivity contribution in [2.45, 2.75) is 112 Å². The number of aromatic nitrogens is 1. The van der Waals surface area contributed by atoms with E-state index in [9.17, 15) is 27.6 Å². The summed E-state index contributed by atoms with van der Waals surface area (Å²) in [5.41, 5.74) is -0.0189. The third kappa shape index (κ3) is 8.22. The van der Waals surface area contributed by atoms with Gasteiger partial charge >= 0.3 is 6.09 Å². The second kappa shape index (κ2) is 15.5. The number of allylic oxidation sites excluding steroid dienone is 1. The lowest BCUT2D eigenvalue weighted by Crippen LogP contribution is -2.59. The van der Waals surface area contributed by atoms with E-state index in [0.717, 1.165) is 67.8 Å². The maximum Gasteiger partial charge on any atom is 0.407 e. The summed E-state index contributed by atoms with van der Waals surface area (Å²) in [6.07, 6.45) is 13.0. The first kappa shape index (κ1) is 36.9. The Bertz CT molecular complexity index is 1890. The minimum absolute atomic E-state index is 0.0225. The Balaban J connectivity index is 1.21. The molecule has 14 heteroatoms. The van der Waals surface area contributed by atoms with E-state index in [4.69, 9.17) is 14.5 Å². The van der Waals surface area contributed by atoms with Crippen LogP contribution in [-0.4, -0.2) is 84.2 Å². The minimum Gasteiger partial charge on any atom is -0.472 e. The van der Waals surface area contributed by atoms with Crippen LogP contribution < -0.4 is 20.1 Å². The van der Waals surface area contributed by atoms with Crippen molar-refractivity contribution in [2.24, 2.45) is 11.8 Å². The molecule has 53 heavy (non-hydrogen) atoms. The molecule has 284 valence electrons. The van der Waals surface area contributed by atoms with E-state index in [-0.39, 0.29) is 31.9 Å². The Hall–Kier alpha value is -4.46. The maximum absolute atomic E-state index is 14.7. The summed E-state index contributed by atoms with van der Waals surface area (Å²) >= 11 is 0. The summed E-state index contributed by atoms with van der Waals surface area (Å²) < 4.78 is 39.8. The molecule has 4 fully saturated rings. The molecule has 4 amide bonds. The maximum atomic E-state index is 14.7. The number of hydrogen-bond acceptors (Lipinski definition) is 9. The molecule has 3 heterocycles.